The van der Waals surface area contributed by atoms with Gasteiger partial charge in [0.2, 0.25) is 11.5 Å². The molecule has 3 aromatic rings. The molecule has 11 heteroatoms. The lowest BCUT2D eigenvalue weighted by Crippen LogP contribution is -2.41. The number of hydrogen-bond donors (Lipinski definition) is 0. The van der Waals surface area contributed by atoms with Crippen molar-refractivity contribution >= 4 is 33.1 Å². The SMILES string of the molecule is COc1cc(C(=O)COC(=O)CC2c3ccccc3CCN2S(=O)(=O)c2cccs2)cc(OC)c1OC. The fraction of sp³-hybridized carbons (Fsp3) is 0.308. The van der Waals surface area contributed by atoms with E-state index >= 15 is 0 Å². The van der Waals surface area contributed by atoms with Crippen LogP contribution >= 0.6 is 11.3 Å². The molecule has 0 aliphatic carbocycles. The molecule has 0 N–H and O–H groups in total. The summed E-state index contributed by atoms with van der Waals surface area (Å²) in [7, 11) is 0.507. The Bertz CT molecular complexity index is 1360. The molecule has 1 aliphatic rings. The van der Waals surface area contributed by atoms with Gasteiger partial charge in [0.1, 0.15) is 4.21 Å². The first-order valence-corrected chi connectivity index (χ1v) is 13.7. The van der Waals surface area contributed by atoms with Crippen LogP contribution in [0.5, 0.6) is 17.2 Å². The number of ketones is 1. The third kappa shape index (κ3) is 5.48. The van der Waals surface area contributed by atoms with E-state index in [0.29, 0.717) is 23.7 Å². The highest BCUT2D eigenvalue weighted by atomic mass is 32.2. The molecule has 0 radical (unpaired) electrons. The van der Waals surface area contributed by atoms with Crippen molar-refractivity contribution < 1.29 is 37.0 Å². The van der Waals surface area contributed by atoms with Gasteiger partial charge >= 0.3 is 5.97 Å². The predicted molar refractivity (Wildman–Crippen MR) is 137 cm³/mol. The Balaban J connectivity index is 1.52. The largest absolute Gasteiger partial charge is 0.493 e. The van der Waals surface area contributed by atoms with Crippen LogP contribution in [-0.4, -0.2) is 59.0 Å². The summed E-state index contributed by atoms with van der Waals surface area (Å²) in [5.74, 6) is -0.232. The van der Waals surface area contributed by atoms with E-state index in [0.717, 1.165) is 22.5 Å². The zero-order chi connectivity index (χ0) is 26.6. The molecule has 0 fully saturated rings. The average molecular weight is 546 g/mol. The summed E-state index contributed by atoms with van der Waals surface area (Å²) in [6, 6.07) is 12.9. The minimum absolute atomic E-state index is 0.211. The summed E-state index contributed by atoms with van der Waals surface area (Å²) < 4.78 is 49.4. The lowest BCUT2D eigenvalue weighted by molar-refractivity contribution is -0.143. The van der Waals surface area contributed by atoms with Crippen LogP contribution in [0.15, 0.2) is 58.1 Å². The van der Waals surface area contributed by atoms with Crippen molar-refractivity contribution in [1.82, 2.24) is 4.31 Å². The Kier molecular flexibility index (Phi) is 8.16. The number of carbonyl (C=O) groups excluding carboxylic acids is 2. The molecule has 0 spiro atoms. The van der Waals surface area contributed by atoms with E-state index in [9.17, 15) is 18.0 Å². The summed E-state index contributed by atoms with van der Waals surface area (Å²) in [4.78, 5) is 25.7. The van der Waals surface area contributed by atoms with Gasteiger partial charge < -0.3 is 18.9 Å². The van der Waals surface area contributed by atoms with Gasteiger partial charge in [-0.2, -0.15) is 4.31 Å². The second-order valence-electron chi connectivity index (χ2n) is 8.21. The first kappa shape index (κ1) is 26.6. The van der Waals surface area contributed by atoms with Crippen LogP contribution < -0.4 is 14.2 Å². The summed E-state index contributed by atoms with van der Waals surface area (Å²) in [5, 5.41) is 1.70. The number of hydrogen-bond acceptors (Lipinski definition) is 9. The third-order valence-corrected chi connectivity index (χ3v) is 9.41. The van der Waals surface area contributed by atoms with Gasteiger partial charge in [0.25, 0.3) is 10.0 Å². The van der Waals surface area contributed by atoms with Crippen LogP contribution in [0.25, 0.3) is 0 Å². The molecule has 2 heterocycles. The molecule has 0 amide bonds. The number of carbonyl (C=O) groups is 2. The number of thiophene rings is 1. The molecule has 196 valence electrons. The molecule has 9 nitrogen and oxygen atoms in total. The highest BCUT2D eigenvalue weighted by Gasteiger charge is 2.38. The van der Waals surface area contributed by atoms with Crippen LogP contribution in [0.3, 0.4) is 0 Å². The topological polar surface area (TPSA) is 108 Å². The first-order chi connectivity index (χ1) is 17.8. The molecule has 4 rings (SSSR count). The van der Waals surface area contributed by atoms with E-state index in [1.165, 1.54) is 37.8 Å². The van der Waals surface area contributed by atoms with Gasteiger partial charge in [-0.25, -0.2) is 8.42 Å². The molecule has 0 saturated heterocycles. The number of methoxy groups -OCH3 is 3. The summed E-state index contributed by atoms with van der Waals surface area (Å²) in [5.41, 5.74) is 1.94. The zero-order valence-corrected chi connectivity index (χ0v) is 22.3. The molecule has 1 aliphatic heterocycles. The second-order valence-corrected chi connectivity index (χ2v) is 11.3. The Hall–Kier alpha value is -3.41. The lowest BCUT2D eigenvalue weighted by Gasteiger charge is -2.35. The van der Waals surface area contributed by atoms with Crippen molar-refractivity contribution in [2.75, 3.05) is 34.5 Å². The van der Waals surface area contributed by atoms with Gasteiger partial charge in [-0.05, 0) is 41.1 Å². The number of fused-ring (bicyclic) bond motifs is 1. The second kappa shape index (κ2) is 11.3. The van der Waals surface area contributed by atoms with Gasteiger partial charge in [-0.3, -0.25) is 9.59 Å². The van der Waals surface area contributed by atoms with E-state index in [4.69, 9.17) is 18.9 Å². The third-order valence-electron chi connectivity index (χ3n) is 6.13. The van der Waals surface area contributed by atoms with Crippen molar-refractivity contribution in [2.24, 2.45) is 0 Å². The van der Waals surface area contributed by atoms with Crippen molar-refractivity contribution in [3.8, 4) is 17.2 Å². The fourth-order valence-corrected chi connectivity index (χ4v) is 7.07. The molecule has 1 aromatic heterocycles. The molecule has 2 aromatic carbocycles. The Labute approximate surface area is 219 Å². The van der Waals surface area contributed by atoms with Crippen LogP contribution in [0.2, 0.25) is 0 Å². The van der Waals surface area contributed by atoms with Crippen LogP contribution in [-0.2, 0) is 26.0 Å². The Morgan fingerprint density at radius 2 is 1.70 bits per heavy atom. The monoisotopic (exact) mass is 545 g/mol. The number of Topliss-reactive ketones (excluding diaryl/α,β-unsaturated/α-hetero) is 1. The molecule has 1 unspecified atom stereocenters. The maximum absolute atomic E-state index is 13.4. The van der Waals surface area contributed by atoms with E-state index in [-0.39, 0.29) is 22.7 Å². The molecule has 0 bridgehead atoms. The maximum Gasteiger partial charge on any atom is 0.308 e. The Morgan fingerprint density at radius 3 is 2.32 bits per heavy atom. The van der Waals surface area contributed by atoms with Gasteiger partial charge in [0.15, 0.2) is 18.1 Å². The van der Waals surface area contributed by atoms with Crippen molar-refractivity contribution in [1.29, 1.82) is 0 Å². The number of benzene rings is 2. The number of esters is 1. The quantitative estimate of drug-likeness (QED) is 0.279. The van der Waals surface area contributed by atoms with Gasteiger partial charge in [0.05, 0.1) is 33.8 Å². The summed E-state index contributed by atoms with van der Waals surface area (Å²) in [6.45, 7) is -0.289. The highest BCUT2D eigenvalue weighted by Crippen LogP contribution is 2.39. The predicted octanol–water partition coefficient (Wildman–Crippen LogP) is 3.88. The van der Waals surface area contributed by atoms with Crippen molar-refractivity contribution in [3.63, 3.8) is 0 Å². The van der Waals surface area contributed by atoms with Gasteiger partial charge in [-0.15, -0.1) is 11.3 Å². The van der Waals surface area contributed by atoms with E-state index in [1.54, 1.807) is 17.5 Å². The van der Waals surface area contributed by atoms with Crippen LogP contribution in [0.4, 0.5) is 0 Å². The summed E-state index contributed by atoms with van der Waals surface area (Å²) >= 11 is 1.13. The molecule has 37 heavy (non-hydrogen) atoms. The summed E-state index contributed by atoms with van der Waals surface area (Å²) in [6.07, 6.45) is 0.302. The van der Waals surface area contributed by atoms with Gasteiger partial charge in [0, 0.05) is 12.1 Å². The number of rotatable bonds is 10. The number of ether oxygens (including phenoxy) is 4. The fourth-order valence-electron chi connectivity index (χ4n) is 4.34. The number of nitrogens with zero attached hydrogens (tertiary/aromatic N) is 1. The molecule has 0 saturated carbocycles. The first-order valence-electron chi connectivity index (χ1n) is 11.4. The Morgan fingerprint density at radius 1 is 1.00 bits per heavy atom. The minimum Gasteiger partial charge on any atom is -0.493 e. The lowest BCUT2D eigenvalue weighted by atomic mass is 9.92. The minimum atomic E-state index is -3.82. The molecular formula is C26H27NO8S2. The smallest absolute Gasteiger partial charge is 0.308 e. The van der Waals surface area contributed by atoms with E-state index in [2.05, 4.69) is 0 Å². The van der Waals surface area contributed by atoms with Crippen molar-refractivity contribution in [2.45, 2.75) is 23.1 Å². The molecular weight excluding hydrogens is 518 g/mol. The molecule has 1 atom stereocenters. The van der Waals surface area contributed by atoms with E-state index < -0.39 is 34.4 Å². The van der Waals surface area contributed by atoms with Gasteiger partial charge in [-0.1, -0.05) is 30.3 Å². The highest BCUT2D eigenvalue weighted by molar-refractivity contribution is 7.91. The standard InChI is InChI=1S/C26H27NO8S2/c1-32-22-13-18(14-23(33-2)26(22)34-3)21(28)16-35-24(29)15-20-19-8-5-4-7-17(19)10-11-27(20)37(30,31)25-9-6-12-36-25/h4-9,12-14,20H,10-11,15-16H2,1-3H3. The average Bonchev–Trinajstić information content (AvgIpc) is 3.47. The van der Waals surface area contributed by atoms with E-state index in [1.807, 2.05) is 24.3 Å². The normalized spacial score (nSPS) is 15.5. The number of sulfonamides is 1. The maximum atomic E-state index is 13.4. The zero-order valence-electron chi connectivity index (χ0n) is 20.6. The van der Waals surface area contributed by atoms with Crippen molar-refractivity contribution in [3.05, 3.63) is 70.6 Å². The van der Waals surface area contributed by atoms with Crippen LogP contribution in [0, 0.1) is 0 Å². The van der Waals surface area contributed by atoms with Crippen LogP contribution in [0.1, 0.15) is 33.9 Å².